The van der Waals surface area contributed by atoms with E-state index in [2.05, 4.69) is 10.3 Å². The number of nitrogens with zero attached hydrogens (tertiary/aromatic N) is 1. The van der Waals surface area contributed by atoms with Gasteiger partial charge in [-0.2, -0.15) is 0 Å². The largest absolute Gasteiger partial charge is 0.497 e. The quantitative estimate of drug-likeness (QED) is 0.877. The maximum Gasteiger partial charge on any atom is 0.245 e. The van der Waals surface area contributed by atoms with Crippen molar-refractivity contribution in [3.63, 3.8) is 0 Å². The summed E-state index contributed by atoms with van der Waals surface area (Å²) in [5, 5.41) is 3.11. The molecule has 0 aliphatic carbocycles. The normalized spacial score (nSPS) is 11.9. The number of benzene rings is 1. The van der Waals surface area contributed by atoms with Crippen LogP contribution in [0.15, 0.2) is 29.8 Å². The van der Waals surface area contributed by atoms with Gasteiger partial charge in [-0.25, -0.2) is 4.98 Å². The zero-order valence-corrected chi connectivity index (χ0v) is 11.5. The third-order valence-corrected chi connectivity index (χ3v) is 3.73. The summed E-state index contributed by atoms with van der Waals surface area (Å²) < 4.78 is 5.09. The maximum absolute atomic E-state index is 11.6. The van der Waals surface area contributed by atoms with Crippen molar-refractivity contribution in [2.75, 3.05) is 12.4 Å². The van der Waals surface area contributed by atoms with Crippen LogP contribution >= 0.6 is 11.3 Å². The fourth-order valence-electron chi connectivity index (χ4n) is 1.71. The van der Waals surface area contributed by atoms with Crippen molar-refractivity contribution in [3.05, 3.63) is 40.3 Å². The number of aromatic nitrogens is 1. The first kappa shape index (κ1) is 13.4. The number of nitrogens with one attached hydrogen (secondary N) is 1. The first-order chi connectivity index (χ1) is 9.11. The van der Waals surface area contributed by atoms with Gasteiger partial charge in [0.05, 0.1) is 23.2 Å². The zero-order chi connectivity index (χ0) is 13.8. The topological polar surface area (TPSA) is 77.2 Å². The lowest BCUT2D eigenvalue weighted by Crippen LogP contribution is -2.27. The number of hydrogen-bond acceptors (Lipinski definition) is 5. The van der Waals surface area contributed by atoms with E-state index in [1.807, 2.05) is 31.2 Å². The molecule has 19 heavy (non-hydrogen) atoms. The SMILES string of the molecule is COc1ccc(NC(C(N)=O)c2scnc2C)cc1. The van der Waals surface area contributed by atoms with Crippen molar-refractivity contribution in [2.24, 2.45) is 5.73 Å². The Morgan fingerprint density at radius 1 is 1.42 bits per heavy atom. The molecule has 0 saturated carbocycles. The third kappa shape index (κ3) is 3.03. The molecule has 1 heterocycles. The lowest BCUT2D eigenvalue weighted by Gasteiger charge is -2.16. The van der Waals surface area contributed by atoms with Gasteiger partial charge in [0.25, 0.3) is 0 Å². The van der Waals surface area contributed by atoms with Crippen LogP contribution in [0.5, 0.6) is 5.75 Å². The molecule has 5 nitrogen and oxygen atoms in total. The minimum Gasteiger partial charge on any atom is -0.497 e. The molecule has 1 unspecified atom stereocenters. The van der Waals surface area contributed by atoms with E-state index in [0.29, 0.717) is 0 Å². The number of carbonyl (C=O) groups excluding carboxylic acids is 1. The molecule has 0 spiro atoms. The molecule has 1 aromatic carbocycles. The second-order valence-corrected chi connectivity index (χ2v) is 4.90. The second kappa shape index (κ2) is 5.71. The first-order valence-corrected chi connectivity index (χ1v) is 6.59. The number of primary amides is 1. The minimum atomic E-state index is -0.569. The average Bonchev–Trinajstić information content (AvgIpc) is 2.82. The fraction of sp³-hybridized carbons (Fsp3) is 0.231. The molecule has 3 N–H and O–H groups in total. The number of ether oxygens (including phenoxy) is 1. The van der Waals surface area contributed by atoms with Crippen LogP contribution in [0.4, 0.5) is 5.69 Å². The van der Waals surface area contributed by atoms with E-state index >= 15 is 0 Å². The molecule has 1 amide bonds. The van der Waals surface area contributed by atoms with Gasteiger partial charge in [-0.15, -0.1) is 11.3 Å². The zero-order valence-electron chi connectivity index (χ0n) is 10.7. The van der Waals surface area contributed by atoms with Crippen molar-refractivity contribution in [1.82, 2.24) is 4.98 Å². The number of rotatable bonds is 5. The molecular formula is C13H15N3O2S. The van der Waals surface area contributed by atoms with E-state index in [0.717, 1.165) is 22.0 Å². The number of amides is 1. The van der Waals surface area contributed by atoms with Crippen LogP contribution in [0.25, 0.3) is 0 Å². The Balaban J connectivity index is 2.21. The summed E-state index contributed by atoms with van der Waals surface area (Å²) in [6.45, 7) is 1.86. The number of carbonyl (C=O) groups is 1. The highest BCUT2D eigenvalue weighted by molar-refractivity contribution is 7.10. The van der Waals surface area contributed by atoms with Crippen LogP contribution < -0.4 is 15.8 Å². The number of thiazole rings is 1. The highest BCUT2D eigenvalue weighted by atomic mass is 32.1. The summed E-state index contributed by atoms with van der Waals surface area (Å²) >= 11 is 1.41. The third-order valence-electron chi connectivity index (χ3n) is 2.73. The van der Waals surface area contributed by atoms with Gasteiger partial charge in [0.15, 0.2) is 0 Å². The monoisotopic (exact) mass is 277 g/mol. The number of anilines is 1. The summed E-state index contributed by atoms with van der Waals surface area (Å²) in [6, 6.07) is 6.75. The Morgan fingerprint density at radius 2 is 2.11 bits per heavy atom. The van der Waals surface area contributed by atoms with E-state index in [4.69, 9.17) is 10.5 Å². The van der Waals surface area contributed by atoms with E-state index in [-0.39, 0.29) is 0 Å². The van der Waals surface area contributed by atoms with Crippen LogP contribution in [-0.4, -0.2) is 18.0 Å². The Morgan fingerprint density at radius 3 is 2.58 bits per heavy atom. The summed E-state index contributed by atoms with van der Waals surface area (Å²) in [5.74, 6) is 0.332. The summed E-state index contributed by atoms with van der Waals surface area (Å²) in [5.41, 5.74) is 8.78. The lowest BCUT2D eigenvalue weighted by molar-refractivity contribution is -0.118. The van der Waals surface area contributed by atoms with E-state index in [1.165, 1.54) is 11.3 Å². The fourth-order valence-corrected chi connectivity index (χ4v) is 2.57. The molecule has 1 atom stereocenters. The van der Waals surface area contributed by atoms with Gasteiger partial charge in [-0.3, -0.25) is 4.79 Å². The van der Waals surface area contributed by atoms with Crippen LogP contribution in [0, 0.1) is 6.92 Å². The van der Waals surface area contributed by atoms with Gasteiger partial charge in [-0.1, -0.05) is 0 Å². The Kier molecular flexibility index (Phi) is 4.01. The molecule has 1 aromatic heterocycles. The van der Waals surface area contributed by atoms with Crippen molar-refractivity contribution in [1.29, 1.82) is 0 Å². The molecule has 0 aliphatic rings. The summed E-state index contributed by atoms with van der Waals surface area (Å²) in [6.07, 6.45) is 0. The highest BCUT2D eigenvalue weighted by Crippen LogP contribution is 2.26. The van der Waals surface area contributed by atoms with Crippen molar-refractivity contribution >= 4 is 22.9 Å². The average molecular weight is 277 g/mol. The van der Waals surface area contributed by atoms with Gasteiger partial charge in [0, 0.05) is 5.69 Å². The number of nitrogens with two attached hydrogens (primary N) is 1. The molecule has 100 valence electrons. The maximum atomic E-state index is 11.6. The van der Waals surface area contributed by atoms with Crippen molar-refractivity contribution in [3.8, 4) is 5.75 Å². The van der Waals surface area contributed by atoms with Crippen LogP contribution in [0.1, 0.15) is 16.6 Å². The van der Waals surface area contributed by atoms with Crippen molar-refractivity contribution in [2.45, 2.75) is 13.0 Å². The Bertz CT molecular complexity index is 566. The van der Waals surface area contributed by atoms with E-state index < -0.39 is 11.9 Å². The van der Waals surface area contributed by atoms with Gasteiger partial charge in [-0.05, 0) is 31.2 Å². The highest BCUT2D eigenvalue weighted by Gasteiger charge is 2.21. The minimum absolute atomic E-state index is 0.428. The summed E-state index contributed by atoms with van der Waals surface area (Å²) in [4.78, 5) is 16.6. The summed E-state index contributed by atoms with van der Waals surface area (Å²) in [7, 11) is 1.61. The predicted molar refractivity (Wildman–Crippen MR) is 75.4 cm³/mol. The molecule has 6 heteroatoms. The van der Waals surface area contributed by atoms with Gasteiger partial charge in [0.2, 0.25) is 5.91 Å². The lowest BCUT2D eigenvalue weighted by atomic mass is 10.2. The van der Waals surface area contributed by atoms with Gasteiger partial charge >= 0.3 is 0 Å². The molecule has 0 radical (unpaired) electrons. The Hall–Kier alpha value is -2.08. The van der Waals surface area contributed by atoms with Crippen LogP contribution in [0.3, 0.4) is 0 Å². The second-order valence-electron chi connectivity index (χ2n) is 4.01. The van der Waals surface area contributed by atoms with E-state index in [1.54, 1.807) is 12.6 Å². The van der Waals surface area contributed by atoms with Crippen molar-refractivity contribution < 1.29 is 9.53 Å². The first-order valence-electron chi connectivity index (χ1n) is 5.71. The number of methoxy groups -OCH3 is 1. The molecule has 0 aliphatic heterocycles. The van der Waals surface area contributed by atoms with Gasteiger partial charge < -0.3 is 15.8 Å². The number of aryl methyl sites for hydroxylation is 1. The van der Waals surface area contributed by atoms with Gasteiger partial charge in [0.1, 0.15) is 11.8 Å². The molecule has 0 fully saturated rings. The smallest absolute Gasteiger partial charge is 0.245 e. The Labute approximate surface area is 115 Å². The molecule has 2 rings (SSSR count). The number of hydrogen-bond donors (Lipinski definition) is 2. The standard InChI is InChI=1S/C13H15N3O2S/c1-8-12(19-7-15-8)11(13(14)17)16-9-3-5-10(18-2)6-4-9/h3-7,11,16H,1-2H3,(H2,14,17). The molecule has 0 bridgehead atoms. The molecule has 0 saturated heterocycles. The van der Waals surface area contributed by atoms with Crippen LogP contribution in [-0.2, 0) is 4.79 Å². The van der Waals surface area contributed by atoms with E-state index in [9.17, 15) is 4.79 Å². The van der Waals surface area contributed by atoms with Crippen LogP contribution in [0.2, 0.25) is 0 Å². The molecule has 2 aromatic rings. The molecular weight excluding hydrogens is 262 g/mol. The predicted octanol–water partition coefficient (Wildman–Crippen LogP) is 2.10.